The molecule has 2 aliphatic rings. The van der Waals surface area contributed by atoms with Crippen molar-refractivity contribution in [2.45, 2.75) is 31.1 Å². The number of methoxy groups -OCH3 is 1. The maximum atomic E-state index is 13.1. The summed E-state index contributed by atoms with van der Waals surface area (Å²) in [5, 5.41) is 0. The zero-order valence-electron chi connectivity index (χ0n) is 16.8. The van der Waals surface area contributed by atoms with Crippen LogP contribution in [0.25, 0.3) is 0 Å². The summed E-state index contributed by atoms with van der Waals surface area (Å²) in [6, 6.07) is 10.9. The van der Waals surface area contributed by atoms with Crippen LogP contribution in [0, 0.1) is 6.92 Å². The van der Waals surface area contributed by atoms with Gasteiger partial charge in [-0.3, -0.25) is 4.79 Å². The number of amides is 1. The first kappa shape index (κ1) is 19.9. The molecule has 0 saturated carbocycles. The molecule has 4 rings (SSSR count). The minimum Gasteiger partial charge on any atom is -0.496 e. The molecule has 1 aliphatic heterocycles. The lowest BCUT2D eigenvalue weighted by Crippen LogP contribution is -2.50. The van der Waals surface area contributed by atoms with Crippen LogP contribution in [-0.4, -0.2) is 56.8 Å². The van der Waals surface area contributed by atoms with Gasteiger partial charge >= 0.3 is 0 Å². The summed E-state index contributed by atoms with van der Waals surface area (Å²) >= 11 is 0. The summed E-state index contributed by atoms with van der Waals surface area (Å²) in [6.45, 7) is 3.27. The van der Waals surface area contributed by atoms with Crippen molar-refractivity contribution in [3.8, 4) is 5.75 Å². The van der Waals surface area contributed by atoms with Crippen molar-refractivity contribution < 1.29 is 17.9 Å². The van der Waals surface area contributed by atoms with E-state index in [0.717, 1.165) is 30.4 Å². The fourth-order valence-electron chi connectivity index (χ4n) is 4.12. The Labute approximate surface area is 172 Å². The Morgan fingerprint density at radius 1 is 0.966 bits per heavy atom. The van der Waals surface area contributed by atoms with Crippen molar-refractivity contribution in [3.63, 3.8) is 0 Å². The zero-order valence-corrected chi connectivity index (χ0v) is 17.7. The molecule has 29 heavy (non-hydrogen) atoms. The van der Waals surface area contributed by atoms with E-state index in [4.69, 9.17) is 4.74 Å². The van der Waals surface area contributed by atoms with Gasteiger partial charge in [-0.15, -0.1) is 0 Å². The first-order valence-electron chi connectivity index (χ1n) is 9.96. The first-order valence-corrected chi connectivity index (χ1v) is 11.4. The number of nitrogens with zero attached hydrogens (tertiary/aromatic N) is 2. The van der Waals surface area contributed by atoms with Crippen LogP contribution >= 0.6 is 0 Å². The van der Waals surface area contributed by atoms with Crippen molar-refractivity contribution in [1.82, 2.24) is 9.21 Å². The lowest BCUT2D eigenvalue weighted by molar-refractivity contribution is 0.0697. The second-order valence-electron chi connectivity index (χ2n) is 7.66. The van der Waals surface area contributed by atoms with Gasteiger partial charge in [0.25, 0.3) is 5.91 Å². The molecule has 0 unspecified atom stereocenters. The molecule has 1 aliphatic carbocycles. The molecule has 0 spiro atoms. The molecule has 1 fully saturated rings. The molecule has 0 aromatic heterocycles. The van der Waals surface area contributed by atoms with Crippen molar-refractivity contribution in [3.05, 3.63) is 58.7 Å². The molecular formula is C22H26N2O4S. The van der Waals surface area contributed by atoms with Crippen LogP contribution in [0.1, 0.15) is 33.5 Å². The minimum absolute atomic E-state index is 0.0992. The number of piperazine rings is 1. The summed E-state index contributed by atoms with van der Waals surface area (Å²) in [4.78, 5) is 14.9. The van der Waals surface area contributed by atoms with Gasteiger partial charge in [-0.2, -0.15) is 4.31 Å². The van der Waals surface area contributed by atoms with Gasteiger partial charge in [0, 0.05) is 31.7 Å². The molecule has 7 heteroatoms. The summed E-state index contributed by atoms with van der Waals surface area (Å²) in [6.07, 6.45) is 3.06. The topological polar surface area (TPSA) is 66.9 Å². The molecule has 154 valence electrons. The largest absolute Gasteiger partial charge is 0.496 e. The lowest BCUT2D eigenvalue weighted by atomic mass is 10.1. The summed E-state index contributed by atoms with van der Waals surface area (Å²) in [5.41, 5.74) is 3.93. The molecule has 6 nitrogen and oxygen atoms in total. The van der Waals surface area contributed by atoms with Crippen LogP contribution in [-0.2, 0) is 22.9 Å². The van der Waals surface area contributed by atoms with Crippen LogP contribution < -0.4 is 4.74 Å². The average molecular weight is 415 g/mol. The highest BCUT2D eigenvalue weighted by Gasteiger charge is 2.31. The quantitative estimate of drug-likeness (QED) is 0.771. The Kier molecular flexibility index (Phi) is 5.36. The molecule has 2 aromatic carbocycles. The maximum absolute atomic E-state index is 13.1. The normalized spacial score (nSPS) is 17.2. The van der Waals surface area contributed by atoms with E-state index in [9.17, 15) is 13.2 Å². The number of benzene rings is 2. The van der Waals surface area contributed by atoms with Crippen LogP contribution in [0.2, 0.25) is 0 Å². The zero-order chi connectivity index (χ0) is 20.6. The number of aryl methyl sites for hydroxylation is 3. The highest BCUT2D eigenvalue weighted by molar-refractivity contribution is 7.89. The SMILES string of the molecule is COc1cc(C(=O)N2CCN(S(=O)(=O)c3ccc4c(c3)CCC4)CC2)ccc1C. The van der Waals surface area contributed by atoms with Gasteiger partial charge in [0.1, 0.15) is 5.75 Å². The third-order valence-electron chi connectivity index (χ3n) is 5.89. The van der Waals surface area contributed by atoms with E-state index < -0.39 is 10.0 Å². The summed E-state index contributed by atoms with van der Waals surface area (Å²) in [7, 11) is -1.96. The van der Waals surface area contributed by atoms with E-state index in [1.807, 2.05) is 25.1 Å². The lowest BCUT2D eigenvalue weighted by Gasteiger charge is -2.34. The van der Waals surface area contributed by atoms with Gasteiger partial charge in [0.15, 0.2) is 0 Å². The molecular weight excluding hydrogens is 388 g/mol. The van der Waals surface area contributed by atoms with E-state index in [0.29, 0.717) is 42.4 Å². The summed E-state index contributed by atoms with van der Waals surface area (Å²) in [5.74, 6) is 0.576. The third kappa shape index (κ3) is 3.76. The number of fused-ring (bicyclic) bond motifs is 1. The van der Waals surface area contributed by atoms with Gasteiger partial charge < -0.3 is 9.64 Å². The number of carbonyl (C=O) groups is 1. The van der Waals surface area contributed by atoms with Crippen molar-refractivity contribution in [1.29, 1.82) is 0 Å². The van der Waals surface area contributed by atoms with Crippen molar-refractivity contribution >= 4 is 15.9 Å². The van der Waals surface area contributed by atoms with Crippen LogP contribution in [0.4, 0.5) is 0 Å². The van der Waals surface area contributed by atoms with Crippen LogP contribution in [0.5, 0.6) is 5.75 Å². The number of ether oxygens (including phenoxy) is 1. The molecule has 0 N–H and O–H groups in total. The number of carbonyl (C=O) groups excluding carboxylic acids is 1. The molecule has 1 saturated heterocycles. The number of sulfonamides is 1. The molecule has 0 radical (unpaired) electrons. The number of hydrogen-bond donors (Lipinski definition) is 0. The molecule has 1 heterocycles. The van der Waals surface area contributed by atoms with Gasteiger partial charge in [-0.05, 0) is 67.1 Å². The van der Waals surface area contributed by atoms with E-state index in [1.54, 1.807) is 30.2 Å². The maximum Gasteiger partial charge on any atom is 0.254 e. The highest BCUT2D eigenvalue weighted by atomic mass is 32.2. The Morgan fingerprint density at radius 2 is 1.69 bits per heavy atom. The van der Waals surface area contributed by atoms with Crippen LogP contribution in [0.3, 0.4) is 0 Å². The fraction of sp³-hybridized carbons (Fsp3) is 0.409. The van der Waals surface area contributed by atoms with E-state index in [-0.39, 0.29) is 5.91 Å². The Hall–Kier alpha value is -2.38. The first-order chi connectivity index (χ1) is 13.9. The van der Waals surface area contributed by atoms with E-state index >= 15 is 0 Å². The molecule has 2 aromatic rings. The summed E-state index contributed by atoms with van der Waals surface area (Å²) < 4.78 is 32.9. The van der Waals surface area contributed by atoms with Gasteiger partial charge in [-0.25, -0.2) is 8.42 Å². The van der Waals surface area contributed by atoms with E-state index in [1.165, 1.54) is 9.87 Å². The monoisotopic (exact) mass is 414 g/mol. The Bertz CT molecular complexity index is 1040. The second kappa shape index (κ2) is 7.80. The van der Waals surface area contributed by atoms with Crippen molar-refractivity contribution in [2.24, 2.45) is 0 Å². The van der Waals surface area contributed by atoms with Gasteiger partial charge in [0.05, 0.1) is 12.0 Å². The minimum atomic E-state index is -3.54. The average Bonchev–Trinajstić information content (AvgIpc) is 3.21. The number of hydrogen-bond acceptors (Lipinski definition) is 4. The standard InChI is InChI=1S/C22H26N2O4S/c1-16-6-7-19(15-21(16)28-2)22(25)23-10-12-24(13-11-23)29(26,27)20-9-8-17-4-3-5-18(17)14-20/h6-9,14-15H,3-5,10-13H2,1-2H3. The van der Waals surface area contributed by atoms with Crippen LogP contribution in [0.15, 0.2) is 41.3 Å². The molecule has 0 atom stereocenters. The predicted octanol–water partition coefficient (Wildman–Crippen LogP) is 2.64. The van der Waals surface area contributed by atoms with Crippen molar-refractivity contribution in [2.75, 3.05) is 33.3 Å². The Morgan fingerprint density at radius 3 is 2.41 bits per heavy atom. The smallest absolute Gasteiger partial charge is 0.254 e. The van der Waals surface area contributed by atoms with Gasteiger partial charge in [-0.1, -0.05) is 12.1 Å². The Balaban J connectivity index is 1.45. The van der Waals surface area contributed by atoms with Gasteiger partial charge in [0.2, 0.25) is 10.0 Å². The highest BCUT2D eigenvalue weighted by Crippen LogP contribution is 2.27. The molecule has 0 bridgehead atoms. The predicted molar refractivity (Wildman–Crippen MR) is 111 cm³/mol. The third-order valence-corrected chi connectivity index (χ3v) is 7.78. The molecule has 1 amide bonds. The fourth-order valence-corrected chi connectivity index (χ4v) is 5.60. The second-order valence-corrected chi connectivity index (χ2v) is 9.60. The van der Waals surface area contributed by atoms with E-state index in [2.05, 4.69) is 0 Å². The number of rotatable bonds is 4.